The fourth-order valence-electron chi connectivity index (χ4n) is 0.649. The fraction of sp³-hybridized carbons (Fsp3) is 0. The summed E-state index contributed by atoms with van der Waals surface area (Å²) in [7, 11) is 0. The second kappa shape index (κ2) is 2.35. The van der Waals surface area contributed by atoms with E-state index in [1.165, 1.54) is 0 Å². The summed E-state index contributed by atoms with van der Waals surface area (Å²) in [6, 6.07) is 0. The highest BCUT2D eigenvalue weighted by Crippen LogP contribution is 2.11. The van der Waals surface area contributed by atoms with E-state index in [4.69, 9.17) is 4.42 Å². The maximum atomic E-state index is 4.88. The first kappa shape index (κ1) is 5.89. The SMILES string of the molecule is C=Cc1cocc1C=C. The monoisotopic (exact) mass is 120 g/mol. The fourth-order valence-corrected chi connectivity index (χ4v) is 0.649. The molecule has 0 saturated carbocycles. The smallest absolute Gasteiger partial charge is 0.0981 e. The van der Waals surface area contributed by atoms with Crippen molar-refractivity contribution in [3.05, 3.63) is 36.8 Å². The van der Waals surface area contributed by atoms with Crippen molar-refractivity contribution in [1.29, 1.82) is 0 Å². The number of furan rings is 1. The molecule has 1 rings (SSSR count). The van der Waals surface area contributed by atoms with Crippen molar-refractivity contribution >= 4 is 12.2 Å². The van der Waals surface area contributed by atoms with Gasteiger partial charge < -0.3 is 4.42 Å². The topological polar surface area (TPSA) is 13.1 Å². The summed E-state index contributed by atoms with van der Waals surface area (Å²) in [5.41, 5.74) is 1.98. The van der Waals surface area contributed by atoms with E-state index in [1.807, 2.05) is 0 Å². The largest absolute Gasteiger partial charge is 0.471 e. The van der Waals surface area contributed by atoms with Crippen molar-refractivity contribution in [2.75, 3.05) is 0 Å². The van der Waals surface area contributed by atoms with Crippen LogP contribution >= 0.6 is 0 Å². The first-order valence-electron chi connectivity index (χ1n) is 2.69. The van der Waals surface area contributed by atoms with Gasteiger partial charge in [0.25, 0.3) is 0 Å². The molecule has 0 unspecified atom stereocenters. The minimum absolute atomic E-state index is 0.991. The van der Waals surface area contributed by atoms with E-state index in [2.05, 4.69) is 13.2 Å². The summed E-state index contributed by atoms with van der Waals surface area (Å²) in [4.78, 5) is 0. The first-order valence-corrected chi connectivity index (χ1v) is 2.69. The third-order valence-corrected chi connectivity index (χ3v) is 1.16. The summed E-state index contributed by atoms with van der Waals surface area (Å²) in [5.74, 6) is 0. The van der Waals surface area contributed by atoms with Crippen LogP contribution < -0.4 is 0 Å². The Balaban J connectivity index is 3.12. The molecule has 1 aromatic heterocycles. The standard InChI is InChI=1S/C8H8O/c1-3-7-5-9-6-8(7)4-2/h3-6H,1-2H2. The van der Waals surface area contributed by atoms with Crippen LogP contribution in [0.3, 0.4) is 0 Å². The van der Waals surface area contributed by atoms with Crippen molar-refractivity contribution in [2.24, 2.45) is 0 Å². The highest BCUT2D eigenvalue weighted by molar-refractivity contribution is 5.61. The quantitative estimate of drug-likeness (QED) is 0.584. The van der Waals surface area contributed by atoms with Gasteiger partial charge >= 0.3 is 0 Å². The molecule has 0 aliphatic rings. The zero-order valence-electron chi connectivity index (χ0n) is 5.13. The number of hydrogen-bond acceptors (Lipinski definition) is 1. The third-order valence-electron chi connectivity index (χ3n) is 1.16. The molecule has 1 heterocycles. The van der Waals surface area contributed by atoms with E-state index in [-0.39, 0.29) is 0 Å². The Morgan fingerprint density at radius 1 is 1.11 bits per heavy atom. The molecule has 0 radical (unpaired) electrons. The summed E-state index contributed by atoms with van der Waals surface area (Å²) >= 11 is 0. The van der Waals surface area contributed by atoms with Gasteiger partial charge in [0.2, 0.25) is 0 Å². The van der Waals surface area contributed by atoms with E-state index in [0.717, 1.165) is 11.1 Å². The van der Waals surface area contributed by atoms with E-state index >= 15 is 0 Å². The predicted octanol–water partition coefficient (Wildman–Crippen LogP) is 2.57. The van der Waals surface area contributed by atoms with Gasteiger partial charge in [0.15, 0.2) is 0 Å². The Bertz CT molecular complexity index is 198. The Kier molecular flexibility index (Phi) is 1.54. The van der Waals surface area contributed by atoms with E-state index in [9.17, 15) is 0 Å². The van der Waals surface area contributed by atoms with Crippen molar-refractivity contribution in [1.82, 2.24) is 0 Å². The molecule has 0 saturated heterocycles. The molecule has 0 aromatic carbocycles. The van der Waals surface area contributed by atoms with Crippen LogP contribution in [-0.4, -0.2) is 0 Å². The highest BCUT2D eigenvalue weighted by Gasteiger charge is 1.94. The zero-order valence-corrected chi connectivity index (χ0v) is 5.13. The molecule has 0 atom stereocenters. The summed E-state index contributed by atoms with van der Waals surface area (Å²) in [6.45, 7) is 7.21. The Morgan fingerprint density at radius 3 is 1.89 bits per heavy atom. The summed E-state index contributed by atoms with van der Waals surface area (Å²) in [6.07, 6.45) is 6.76. The predicted molar refractivity (Wildman–Crippen MR) is 38.9 cm³/mol. The van der Waals surface area contributed by atoms with Crippen LogP contribution in [0.4, 0.5) is 0 Å². The van der Waals surface area contributed by atoms with Gasteiger partial charge in [-0.2, -0.15) is 0 Å². The van der Waals surface area contributed by atoms with Gasteiger partial charge in [0.05, 0.1) is 12.5 Å². The summed E-state index contributed by atoms with van der Waals surface area (Å²) in [5, 5.41) is 0. The molecule has 0 fully saturated rings. The van der Waals surface area contributed by atoms with Gasteiger partial charge in [-0.1, -0.05) is 25.3 Å². The molecular weight excluding hydrogens is 112 g/mol. The summed E-state index contributed by atoms with van der Waals surface area (Å²) < 4.78 is 4.88. The molecular formula is C8H8O. The van der Waals surface area contributed by atoms with Crippen LogP contribution in [0.25, 0.3) is 12.2 Å². The maximum Gasteiger partial charge on any atom is 0.0981 e. The van der Waals surface area contributed by atoms with Crippen molar-refractivity contribution < 1.29 is 4.42 Å². The number of rotatable bonds is 2. The molecule has 46 valence electrons. The van der Waals surface area contributed by atoms with E-state index in [1.54, 1.807) is 24.7 Å². The van der Waals surface area contributed by atoms with Crippen LogP contribution in [0.5, 0.6) is 0 Å². The Hall–Kier alpha value is -1.24. The van der Waals surface area contributed by atoms with Gasteiger partial charge in [0.1, 0.15) is 0 Å². The maximum absolute atomic E-state index is 4.88. The second-order valence-corrected chi connectivity index (χ2v) is 1.69. The normalized spacial score (nSPS) is 8.89. The molecule has 0 spiro atoms. The average molecular weight is 120 g/mol. The molecule has 0 aliphatic carbocycles. The van der Waals surface area contributed by atoms with Gasteiger partial charge in [0, 0.05) is 11.1 Å². The van der Waals surface area contributed by atoms with Gasteiger partial charge in [-0.3, -0.25) is 0 Å². The lowest BCUT2D eigenvalue weighted by molar-refractivity contribution is 0.566. The van der Waals surface area contributed by atoms with Gasteiger partial charge in [-0.05, 0) is 0 Å². The van der Waals surface area contributed by atoms with E-state index < -0.39 is 0 Å². The molecule has 1 aromatic rings. The lowest BCUT2D eigenvalue weighted by Gasteiger charge is -1.82. The lowest BCUT2D eigenvalue weighted by atomic mass is 10.2. The van der Waals surface area contributed by atoms with Crippen LogP contribution in [0.2, 0.25) is 0 Å². The van der Waals surface area contributed by atoms with Gasteiger partial charge in [-0.15, -0.1) is 0 Å². The molecule has 0 bridgehead atoms. The zero-order chi connectivity index (χ0) is 6.69. The lowest BCUT2D eigenvalue weighted by Crippen LogP contribution is -1.66. The second-order valence-electron chi connectivity index (χ2n) is 1.69. The van der Waals surface area contributed by atoms with Crippen LogP contribution in [0, 0.1) is 0 Å². The van der Waals surface area contributed by atoms with Crippen molar-refractivity contribution in [2.45, 2.75) is 0 Å². The first-order chi connectivity index (χ1) is 4.38. The molecule has 0 N–H and O–H groups in total. The van der Waals surface area contributed by atoms with Crippen molar-refractivity contribution in [3.63, 3.8) is 0 Å². The van der Waals surface area contributed by atoms with Crippen LogP contribution in [0.1, 0.15) is 11.1 Å². The minimum Gasteiger partial charge on any atom is -0.471 e. The van der Waals surface area contributed by atoms with Crippen LogP contribution in [-0.2, 0) is 0 Å². The van der Waals surface area contributed by atoms with Gasteiger partial charge in [-0.25, -0.2) is 0 Å². The molecule has 0 aliphatic heterocycles. The Morgan fingerprint density at radius 2 is 1.56 bits per heavy atom. The molecule has 1 heteroatoms. The molecule has 1 nitrogen and oxygen atoms in total. The Labute approximate surface area is 54.3 Å². The van der Waals surface area contributed by atoms with Crippen molar-refractivity contribution in [3.8, 4) is 0 Å². The minimum atomic E-state index is 0.991. The van der Waals surface area contributed by atoms with Crippen LogP contribution in [0.15, 0.2) is 30.1 Å². The third kappa shape index (κ3) is 0.941. The molecule has 9 heavy (non-hydrogen) atoms. The number of hydrogen-bond donors (Lipinski definition) is 0. The average Bonchev–Trinajstić information content (AvgIpc) is 2.33. The molecule has 0 amide bonds. The van der Waals surface area contributed by atoms with E-state index in [0.29, 0.717) is 0 Å². The highest BCUT2D eigenvalue weighted by atomic mass is 16.3.